The number of nitrogens with one attached hydrogen (secondary N) is 2. The molecule has 0 saturated carbocycles. The zero-order valence-corrected chi connectivity index (χ0v) is 19.9. The van der Waals surface area contributed by atoms with E-state index in [4.69, 9.17) is 9.47 Å². The zero-order chi connectivity index (χ0) is 26.0. The predicted molar refractivity (Wildman–Crippen MR) is 142 cm³/mol. The van der Waals surface area contributed by atoms with Crippen molar-refractivity contribution in [3.63, 3.8) is 0 Å². The molecule has 0 saturated heterocycles. The molecule has 0 aromatic heterocycles. The van der Waals surface area contributed by atoms with Crippen molar-refractivity contribution in [2.24, 2.45) is 5.10 Å². The Bertz CT molecular complexity index is 1490. The minimum atomic E-state index is -0.924. The summed E-state index contributed by atoms with van der Waals surface area (Å²) in [6.45, 7) is 0. The van der Waals surface area contributed by atoms with Crippen molar-refractivity contribution in [1.82, 2.24) is 5.43 Å². The Morgan fingerprint density at radius 2 is 1.54 bits per heavy atom. The number of rotatable bonds is 7. The van der Waals surface area contributed by atoms with Gasteiger partial charge in [0.25, 0.3) is 0 Å². The van der Waals surface area contributed by atoms with Crippen molar-refractivity contribution in [2.45, 2.75) is 0 Å². The Balaban J connectivity index is 1.35. The number of methoxy groups -OCH3 is 1. The van der Waals surface area contributed by atoms with Gasteiger partial charge in [0.05, 0.1) is 13.3 Å². The van der Waals surface area contributed by atoms with Crippen LogP contribution in [0.15, 0.2) is 102 Å². The molecule has 4 aromatic carbocycles. The maximum Gasteiger partial charge on any atom is 0.336 e. The Morgan fingerprint density at radius 1 is 0.784 bits per heavy atom. The predicted octanol–water partition coefficient (Wildman–Crippen LogP) is 4.56. The van der Waals surface area contributed by atoms with Crippen molar-refractivity contribution >= 4 is 46.5 Å². The molecule has 2 N–H and O–H groups in total. The fourth-order valence-electron chi connectivity index (χ4n) is 3.45. The minimum absolute atomic E-state index is 0.223. The van der Waals surface area contributed by atoms with Crippen LogP contribution in [0.4, 0.5) is 5.69 Å². The van der Waals surface area contributed by atoms with Gasteiger partial charge in [-0.1, -0.05) is 66.7 Å². The number of carbonyl (C=O) groups excluding carboxylic acids is 3. The van der Waals surface area contributed by atoms with E-state index in [1.54, 1.807) is 36.4 Å². The summed E-state index contributed by atoms with van der Waals surface area (Å²) in [6.07, 6.45) is 4.31. The van der Waals surface area contributed by atoms with Crippen LogP contribution in [-0.2, 0) is 14.4 Å². The molecule has 0 spiro atoms. The fraction of sp³-hybridized carbons (Fsp3) is 0.0345. The first kappa shape index (κ1) is 24.9. The van der Waals surface area contributed by atoms with Crippen molar-refractivity contribution < 1.29 is 23.9 Å². The first-order valence-electron chi connectivity index (χ1n) is 11.3. The number of ether oxygens (including phenoxy) is 2. The monoisotopic (exact) mass is 493 g/mol. The van der Waals surface area contributed by atoms with E-state index >= 15 is 0 Å². The summed E-state index contributed by atoms with van der Waals surface area (Å²) in [4.78, 5) is 36.7. The summed E-state index contributed by atoms with van der Waals surface area (Å²) in [5.41, 5.74) is 4.14. The fourth-order valence-corrected chi connectivity index (χ4v) is 3.45. The molecule has 0 heterocycles. The highest BCUT2D eigenvalue weighted by atomic mass is 16.6. The van der Waals surface area contributed by atoms with Crippen molar-refractivity contribution in [2.75, 3.05) is 12.4 Å². The lowest BCUT2D eigenvalue weighted by Crippen LogP contribution is -2.32. The molecule has 8 nitrogen and oxygen atoms in total. The summed E-state index contributed by atoms with van der Waals surface area (Å²) in [5, 5.41) is 8.19. The summed E-state index contributed by atoms with van der Waals surface area (Å²) in [6, 6.07) is 27.0. The van der Waals surface area contributed by atoms with Gasteiger partial charge in [0.2, 0.25) is 0 Å². The average molecular weight is 494 g/mol. The van der Waals surface area contributed by atoms with Crippen LogP contribution in [0.3, 0.4) is 0 Å². The summed E-state index contributed by atoms with van der Waals surface area (Å²) >= 11 is 0. The number of benzene rings is 4. The number of amides is 2. The van der Waals surface area contributed by atoms with Crippen molar-refractivity contribution in [3.05, 3.63) is 108 Å². The van der Waals surface area contributed by atoms with E-state index in [0.29, 0.717) is 17.0 Å². The Kier molecular flexibility index (Phi) is 8.03. The van der Waals surface area contributed by atoms with Crippen LogP contribution in [0.2, 0.25) is 0 Å². The topological polar surface area (TPSA) is 106 Å². The van der Waals surface area contributed by atoms with Crippen LogP contribution in [0.1, 0.15) is 11.1 Å². The normalized spacial score (nSPS) is 10.9. The van der Waals surface area contributed by atoms with Gasteiger partial charge in [-0.2, -0.15) is 5.10 Å². The van der Waals surface area contributed by atoms with Gasteiger partial charge in [0, 0.05) is 17.1 Å². The zero-order valence-electron chi connectivity index (χ0n) is 19.9. The first-order chi connectivity index (χ1) is 18.0. The molecule has 0 aliphatic carbocycles. The van der Waals surface area contributed by atoms with E-state index in [2.05, 4.69) is 15.8 Å². The lowest BCUT2D eigenvalue weighted by atomic mass is 10.1. The molecule has 2 amide bonds. The number of esters is 1. The van der Waals surface area contributed by atoms with Gasteiger partial charge in [0.15, 0.2) is 11.5 Å². The second-order valence-electron chi connectivity index (χ2n) is 7.76. The van der Waals surface area contributed by atoms with Crippen LogP contribution >= 0.6 is 0 Å². The molecule has 0 fully saturated rings. The maximum atomic E-state index is 12.3. The van der Waals surface area contributed by atoms with Gasteiger partial charge in [-0.05, 0) is 46.9 Å². The molecule has 0 aliphatic rings. The standard InChI is InChI=1S/C29H23N3O5/c1-36-26-18-21(14-16-25(26)37-27(33)17-15-20-8-3-2-4-9-20)19-30-32-29(35)28(34)31-24-13-7-11-22-10-5-6-12-23(22)24/h2-19H,1H3,(H,31,34)(H,32,35)/b17-15+,30-19-. The van der Waals surface area contributed by atoms with E-state index in [9.17, 15) is 14.4 Å². The van der Waals surface area contributed by atoms with Gasteiger partial charge in [-0.25, -0.2) is 10.2 Å². The third kappa shape index (κ3) is 6.67. The molecule has 0 aliphatic heterocycles. The molecule has 4 aromatic rings. The number of carbonyl (C=O) groups is 3. The van der Waals surface area contributed by atoms with Crippen molar-refractivity contribution in [1.29, 1.82) is 0 Å². The number of nitrogens with zero attached hydrogens (tertiary/aromatic N) is 1. The second-order valence-corrected chi connectivity index (χ2v) is 7.76. The number of hydrogen-bond donors (Lipinski definition) is 2. The van der Waals surface area contributed by atoms with E-state index in [1.807, 2.05) is 60.7 Å². The Labute approximate surface area is 213 Å². The first-order valence-corrected chi connectivity index (χ1v) is 11.3. The molecular formula is C29H23N3O5. The summed E-state index contributed by atoms with van der Waals surface area (Å²) in [7, 11) is 1.44. The molecule has 8 heteroatoms. The number of hydrogen-bond acceptors (Lipinski definition) is 6. The molecule has 0 atom stereocenters. The molecule has 4 rings (SSSR count). The highest BCUT2D eigenvalue weighted by Gasteiger charge is 2.14. The van der Waals surface area contributed by atoms with Gasteiger partial charge in [-0.15, -0.1) is 0 Å². The summed E-state index contributed by atoms with van der Waals surface area (Å²) in [5.74, 6) is -1.82. The quantitative estimate of drug-likeness (QED) is 0.0981. The molecule has 0 bridgehead atoms. The van der Waals surface area contributed by atoms with Gasteiger partial charge >= 0.3 is 17.8 Å². The lowest BCUT2D eigenvalue weighted by molar-refractivity contribution is -0.136. The third-order valence-corrected chi connectivity index (χ3v) is 5.23. The van der Waals surface area contributed by atoms with E-state index in [0.717, 1.165) is 16.3 Å². The number of fused-ring (bicyclic) bond motifs is 1. The molecular weight excluding hydrogens is 470 g/mol. The van der Waals surface area contributed by atoms with E-state index < -0.39 is 17.8 Å². The van der Waals surface area contributed by atoms with Gasteiger partial charge in [-0.3, -0.25) is 9.59 Å². The molecule has 0 radical (unpaired) electrons. The number of hydrazone groups is 1. The Morgan fingerprint density at radius 3 is 2.35 bits per heavy atom. The number of anilines is 1. The lowest BCUT2D eigenvalue weighted by Gasteiger charge is -2.09. The molecule has 37 heavy (non-hydrogen) atoms. The Hall–Kier alpha value is -5.24. The van der Waals surface area contributed by atoms with Crippen LogP contribution in [-0.4, -0.2) is 31.1 Å². The van der Waals surface area contributed by atoms with Crippen LogP contribution in [0.25, 0.3) is 16.8 Å². The minimum Gasteiger partial charge on any atom is -0.493 e. The highest BCUT2D eigenvalue weighted by molar-refractivity contribution is 6.40. The molecule has 184 valence electrons. The van der Waals surface area contributed by atoms with Crippen LogP contribution in [0, 0.1) is 0 Å². The molecule has 0 unspecified atom stereocenters. The van der Waals surface area contributed by atoms with Crippen LogP contribution in [0.5, 0.6) is 11.5 Å². The van der Waals surface area contributed by atoms with Gasteiger partial charge < -0.3 is 14.8 Å². The van der Waals surface area contributed by atoms with E-state index in [1.165, 1.54) is 19.4 Å². The maximum absolute atomic E-state index is 12.3. The SMILES string of the molecule is COc1cc(/C=N\NC(=O)C(=O)Nc2cccc3ccccc23)ccc1OC(=O)/C=C/c1ccccc1. The van der Waals surface area contributed by atoms with E-state index in [-0.39, 0.29) is 5.75 Å². The van der Waals surface area contributed by atoms with Crippen LogP contribution < -0.4 is 20.2 Å². The summed E-state index contributed by atoms with van der Waals surface area (Å²) < 4.78 is 10.7. The average Bonchev–Trinajstić information content (AvgIpc) is 2.93. The third-order valence-electron chi connectivity index (χ3n) is 5.23. The largest absolute Gasteiger partial charge is 0.493 e. The van der Waals surface area contributed by atoms with Gasteiger partial charge in [0.1, 0.15) is 0 Å². The smallest absolute Gasteiger partial charge is 0.336 e. The second kappa shape index (κ2) is 11.9. The highest BCUT2D eigenvalue weighted by Crippen LogP contribution is 2.28. The van der Waals surface area contributed by atoms with Crippen molar-refractivity contribution in [3.8, 4) is 11.5 Å².